The van der Waals surface area contributed by atoms with Crippen LogP contribution in [-0.2, 0) is 13.1 Å². The van der Waals surface area contributed by atoms with Crippen molar-refractivity contribution >= 4 is 21.5 Å². The van der Waals surface area contributed by atoms with Crippen LogP contribution < -0.4 is 46.4 Å². The molecule has 0 aliphatic carbocycles. The number of pyridine rings is 2. The fourth-order valence-corrected chi connectivity index (χ4v) is 5.34. The highest BCUT2D eigenvalue weighted by atomic mass is 35.5. The zero-order chi connectivity index (χ0) is 24.7. The Morgan fingerprint density at radius 2 is 0.615 bits per heavy atom. The molecule has 2 nitrogen and oxygen atoms in total. The summed E-state index contributed by atoms with van der Waals surface area (Å²) >= 11 is 0. The predicted molar refractivity (Wildman–Crippen MR) is 153 cm³/mol. The van der Waals surface area contributed by atoms with E-state index in [0.29, 0.717) is 0 Å². The van der Waals surface area contributed by atoms with Gasteiger partial charge in [-0.2, -0.15) is 0 Å². The van der Waals surface area contributed by atoms with Crippen LogP contribution in [0, 0.1) is 0 Å². The van der Waals surface area contributed by atoms with Crippen molar-refractivity contribution in [3.05, 3.63) is 85.5 Å². The molecule has 0 atom stereocenters. The molecule has 4 rings (SSSR count). The topological polar surface area (TPSA) is 7.76 Å². The highest BCUT2D eigenvalue weighted by molar-refractivity contribution is 5.80. The van der Waals surface area contributed by atoms with E-state index >= 15 is 0 Å². The molecule has 0 bridgehead atoms. The Labute approximate surface area is 255 Å². The Morgan fingerprint density at radius 1 is 0.333 bits per heavy atom. The molecule has 0 spiro atoms. The third-order valence-electron chi connectivity index (χ3n) is 7.58. The van der Waals surface area contributed by atoms with Crippen molar-refractivity contribution in [1.82, 2.24) is 0 Å². The summed E-state index contributed by atoms with van der Waals surface area (Å²) in [5.74, 6) is 0. The minimum Gasteiger partial charge on any atom is -1.00 e. The standard InChI is InChI=1S/C34H46N2.3ClH/c1(3-5-7-9-11-17-25-35-27-23-31-19-13-15-21-33(31)29-35)2-4-6-8-10-12-18-26-36-28-24-32-20-14-16-22-34(32)30-36;;;/h13-16,19-24,27-30H,1-12,17-18,25-26H2;3*1H/q+2;;;/p-3. The number of halogens is 3. The van der Waals surface area contributed by atoms with Crippen LogP contribution in [0.5, 0.6) is 0 Å². The first-order chi connectivity index (χ1) is 17.9. The number of hydrogen-bond acceptors (Lipinski definition) is 0. The van der Waals surface area contributed by atoms with Gasteiger partial charge in [0.25, 0.3) is 0 Å². The van der Waals surface area contributed by atoms with E-state index in [1.54, 1.807) is 0 Å². The van der Waals surface area contributed by atoms with E-state index in [9.17, 15) is 0 Å². The van der Waals surface area contributed by atoms with E-state index in [1.165, 1.54) is 111 Å². The molecule has 214 valence electrons. The molecule has 0 radical (unpaired) electrons. The Balaban J connectivity index is 0.00000253. The van der Waals surface area contributed by atoms with Gasteiger partial charge in [0, 0.05) is 35.7 Å². The van der Waals surface area contributed by atoms with Crippen molar-refractivity contribution in [2.24, 2.45) is 0 Å². The fraction of sp³-hybridized carbons (Fsp3) is 0.471. The van der Waals surface area contributed by atoms with Crippen LogP contribution in [0.2, 0.25) is 0 Å². The number of aryl methyl sites for hydroxylation is 2. The summed E-state index contributed by atoms with van der Waals surface area (Å²) in [5.41, 5.74) is 0. The fourth-order valence-electron chi connectivity index (χ4n) is 5.34. The maximum absolute atomic E-state index is 2.35. The molecular formula is C34H46Cl3N2-. The Morgan fingerprint density at radius 3 is 0.949 bits per heavy atom. The number of rotatable bonds is 17. The third kappa shape index (κ3) is 12.9. The summed E-state index contributed by atoms with van der Waals surface area (Å²) in [5, 5.41) is 5.36. The van der Waals surface area contributed by atoms with Gasteiger partial charge in [-0.25, -0.2) is 9.13 Å². The summed E-state index contributed by atoms with van der Waals surface area (Å²) in [4.78, 5) is 0. The number of fused-ring (bicyclic) bond motifs is 2. The van der Waals surface area contributed by atoms with E-state index in [4.69, 9.17) is 0 Å². The van der Waals surface area contributed by atoms with Gasteiger partial charge in [-0.15, -0.1) is 0 Å². The highest BCUT2D eigenvalue weighted by Gasteiger charge is 2.04. The maximum atomic E-state index is 2.35. The number of hydrogen-bond donors (Lipinski definition) is 0. The maximum Gasteiger partial charge on any atom is 0.176 e. The molecule has 0 fully saturated rings. The Kier molecular flexibility index (Phi) is 18.9. The molecule has 0 saturated carbocycles. The quantitative estimate of drug-likeness (QED) is 0.119. The van der Waals surface area contributed by atoms with Gasteiger partial charge < -0.3 is 37.2 Å². The van der Waals surface area contributed by atoms with Gasteiger partial charge >= 0.3 is 0 Å². The van der Waals surface area contributed by atoms with Crippen LogP contribution in [0.15, 0.2) is 85.5 Å². The highest BCUT2D eigenvalue weighted by Crippen LogP contribution is 2.14. The van der Waals surface area contributed by atoms with Crippen molar-refractivity contribution < 1.29 is 46.4 Å². The number of aromatic nitrogens is 2. The summed E-state index contributed by atoms with van der Waals surface area (Å²) in [6, 6.07) is 21.7. The monoisotopic (exact) mass is 587 g/mol. The van der Waals surface area contributed by atoms with Crippen LogP contribution in [0.4, 0.5) is 0 Å². The molecule has 0 saturated heterocycles. The minimum atomic E-state index is 0. The average molecular weight is 589 g/mol. The van der Waals surface area contributed by atoms with Gasteiger partial charge in [0.1, 0.15) is 13.1 Å². The van der Waals surface area contributed by atoms with Gasteiger partial charge in [-0.05, 0) is 35.7 Å². The normalized spacial score (nSPS) is 10.6. The minimum absolute atomic E-state index is 0. The first kappa shape index (κ1) is 35.2. The van der Waals surface area contributed by atoms with Gasteiger partial charge in [-0.1, -0.05) is 101 Å². The van der Waals surface area contributed by atoms with Crippen molar-refractivity contribution in [2.45, 2.75) is 103 Å². The van der Waals surface area contributed by atoms with E-state index in [-0.39, 0.29) is 37.2 Å². The van der Waals surface area contributed by atoms with Gasteiger partial charge in [0.2, 0.25) is 0 Å². The molecule has 2 heterocycles. The van der Waals surface area contributed by atoms with Gasteiger partial charge in [0.05, 0.1) is 0 Å². The lowest BCUT2D eigenvalue weighted by molar-refractivity contribution is -0.696. The lowest BCUT2D eigenvalue weighted by atomic mass is 10.0. The second-order valence-corrected chi connectivity index (χ2v) is 10.6. The first-order valence-corrected chi connectivity index (χ1v) is 14.6. The van der Waals surface area contributed by atoms with Crippen LogP contribution in [0.1, 0.15) is 89.9 Å². The van der Waals surface area contributed by atoms with E-state index < -0.39 is 0 Å². The summed E-state index contributed by atoms with van der Waals surface area (Å²) < 4.78 is 4.71. The Bertz CT molecular complexity index is 1090. The molecule has 4 aromatic rings. The van der Waals surface area contributed by atoms with Gasteiger partial charge in [-0.3, -0.25) is 0 Å². The van der Waals surface area contributed by atoms with E-state index in [1.807, 2.05) is 0 Å². The van der Waals surface area contributed by atoms with Gasteiger partial charge in [0.15, 0.2) is 24.8 Å². The van der Waals surface area contributed by atoms with Crippen molar-refractivity contribution in [3.63, 3.8) is 0 Å². The van der Waals surface area contributed by atoms with Crippen molar-refractivity contribution in [2.75, 3.05) is 0 Å². The first-order valence-electron chi connectivity index (χ1n) is 14.6. The van der Waals surface area contributed by atoms with Crippen LogP contribution in [0.25, 0.3) is 21.5 Å². The zero-order valence-electron chi connectivity index (χ0n) is 23.4. The van der Waals surface area contributed by atoms with Crippen molar-refractivity contribution in [1.29, 1.82) is 0 Å². The van der Waals surface area contributed by atoms with E-state index in [2.05, 4.69) is 94.6 Å². The number of nitrogens with zero attached hydrogens (tertiary/aromatic N) is 2. The summed E-state index contributed by atoms with van der Waals surface area (Å²) in [6.07, 6.45) is 28.6. The smallest absolute Gasteiger partial charge is 0.176 e. The largest absolute Gasteiger partial charge is 1.00 e. The molecule has 0 N–H and O–H groups in total. The summed E-state index contributed by atoms with van der Waals surface area (Å²) in [7, 11) is 0. The van der Waals surface area contributed by atoms with Crippen LogP contribution in [-0.4, -0.2) is 0 Å². The lowest BCUT2D eigenvalue weighted by Gasteiger charge is -2.03. The molecule has 2 aromatic heterocycles. The third-order valence-corrected chi connectivity index (χ3v) is 7.58. The zero-order valence-corrected chi connectivity index (χ0v) is 25.7. The number of benzene rings is 2. The second kappa shape index (κ2) is 21.0. The van der Waals surface area contributed by atoms with E-state index in [0.717, 1.165) is 13.1 Å². The molecule has 0 unspecified atom stereocenters. The lowest BCUT2D eigenvalue weighted by Crippen LogP contribution is -3.00. The molecule has 5 heteroatoms. The average Bonchev–Trinajstić information content (AvgIpc) is 2.92. The van der Waals surface area contributed by atoms with Crippen LogP contribution in [0.3, 0.4) is 0 Å². The van der Waals surface area contributed by atoms with Crippen LogP contribution >= 0.6 is 0 Å². The Hall–Kier alpha value is -1.87. The number of unbranched alkanes of at least 4 members (excludes halogenated alkanes) is 13. The molecular weight excluding hydrogens is 543 g/mol. The molecule has 0 aliphatic heterocycles. The molecule has 39 heavy (non-hydrogen) atoms. The molecule has 0 aliphatic rings. The summed E-state index contributed by atoms with van der Waals surface area (Å²) in [6.45, 7) is 2.29. The second-order valence-electron chi connectivity index (χ2n) is 10.6. The SMILES string of the molecule is [Cl-].[Cl-].[Cl-].c1ccc2c[n+](CCCCCCCCCCCCCCCC[n+]3ccc4ccccc4c3)ccc2c1. The molecule has 0 amide bonds. The predicted octanol–water partition coefficient (Wildman–Crippen LogP) is -0.258. The molecule has 2 aromatic carbocycles. The van der Waals surface area contributed by atoms with Crippen molar-refractivity contribution in [3.8, 4) is 0 Å².